The first-order valence-corrected chi connectivity index (χ1v) is 21.6. The molecule has 0 aliphatic heterocycles. The van der Waals surface area contributed by atoms with Gasteiger partial charge in [-0.15, -0.1) is 0 Å². The quantitative estimate of drug-likeness (QED) is 0.228. The minimum absolute atomic E-state index is 0.0117. The first-order valence-electron chi connectivity index (χ1n) is 21.6. The maximum atomic E-state index is 14.1. The summed E-state index contributed by atoms with van der Waals surface area (Å²) < 4.78 is 6.42. The topological polar surface area (TPSA) is 138 Å². The molecule has 0 saturated heterocycles. The standard InChI is InChI=1S/C47H65N3O6/c1-26(2)38-32(51)23-47(24-37(52)48-25-36-49-30-12-10-11-13-31(30)50-36)21-20-45(8)27(39(38)47)14-15-34-44(7)18-17-35(43(5,6)33(44)16-19-46(34,45)9)56-41(55)29-22-28(40(53)54)42(29,3)4/h10-13,26-29,33-35H,14-25H2,1-9H3,(H,48,52)(H,49,50)(H,53,54)/t27-,28+,29-,33+,34-,35+,44+,45-,46-,47+/m1/s1. The average molecular weight is 768 g/mol. The van der Waals surface area contributed by atoms with Crippen LogP contribution < -0.4 is 5.32 Å². The van der Waals surface area contributed by atoms with Crippen molar-refractivity contribution in [1.29, 1.82) is 0 Å². The second-order valence-electron chi connectivity index (χ2n) is 21.4. The third-order valence-corrected chi connectivity index (χ3v) is 18.0. The second-order valence-corrected chi connectivity index (χ2v) is 21.4. The monoisotopic (exact) mass is 767 g/mol. The molecule has 5 fully saturated rings. The molecule has 1 heterocycles. The number of benzene rings is 1. The number of nitrogens with one attached hydrogen (secondary N) is 2. The van der Waals surface area contributed by atoms with E-state index in [1.807, 2.05) is 38.1 Å². The molecule has 10 atom stereocenters. The third-order valence-electron chi connectivity index (χ3n) is 18.0. The summed E-state index contributed by atoms with van der Waals surface area (Å²) >= 11 is 0. The van der Waals surface area contributed by atoms with Gasteiger partial charge in [0.15, 0.2) is 5.78 Å². The summed E-state index contributed by atoms with van der Waals surface area (Å²) in [5.41, 5.74) is 3.00. The van der Waals surface area contributed by atoms with Gasteiger partial charge in [-0.2, -0.15) is 0 Å². The molecular formula is C47H65N3O6. The number of aromatic nitrogens is 2. The fourth-order valence-corrected chi connectivity index (χ4v) is 14.7. The normalized spacial score (nSPS) is 39.6. The van der Waals surface area contributed by atoms with Crippen LogP contribution in [0.15, 0.2) is 35.4 Å². The summed E-state index contributed by atoms with van der Waals surface area (Å²) in [5, 5.41) is 12.8. The van der Waals surface area contributed by atoms with Gasteiger partial charge in [0.05, 0.1) is 29.4 Å². The summed E-state index contributed by atoms with van der Waals surface area (Å²) in [6.45, 7) is 20.7. The summed E-state index contributed by atoms with van der Waals surface area (Å²) in [7, 11) is 0. The van der Waals surface area contributed by atoms with E-state index < -0.39 is 22.7 Å². The number of amides is 1. The van der Waals surface area contributed by atoms with Crippen molar-refractivity contribution >= 4 is 34.7 Å². The highest BCUT2D eigenvalue weighted by molar-refractivity contribution is 6.01. The average Bonchev–Trinajstić information content (AvgIpc) is 3.66. The number of nitrogens with zero attached hydrogens (tertiary/aromatic N) is 1. The molecule has 9 nitrogen and oxygen atoms in total. The highest BCUT2D eigenvalue weighted by atomic mass is 16.5. The van der Waals surface area contributed by atoms with E-state index in [-0.39, 0.29) is 63.2 Å². The molecule has 5 saturated carbocycles. The number of fused-ring (bicyclic) bond motifs is 8. The number of allylic oxidation sites excluding steroid dienone is 2. The molecule has 0 radical (unpaired) electrons. The lowest BCUT2D eigenvalue weighted by atomic mass is 9.33. The van der Waals surface area contributed by atoms with Gasteiger partial charge < -0.3 is 20.1 Å². The number of H-pyrrole nitrogens is 1. The molecule has 6 aliphatic carbocycles. The molecular weight excluding hydrogens is 703 g/mol. The number of hydrogen-bond donors (Lipinski definition) is 3. The van der Waals surface area contributed by atoms with Crippen molar-refractivity contribution in [1.82, 2.24) is 15.3 Å². The van der Waals surface area contributed by atoms with Gasteiger partial charge in [0, 0.05) is 23.7 Å². The number of ether oxygens (including phenoxy) is 1. The molecule has 0 spiro atoms. The molecule has 1 aromatic carbocycles. The Hall–Kier alpha value is -3.49. The molecule has 1 amide bonds. The van der Waals surface area contributed by atoms with Gasteiger partial charge in [-0.25, -0.2) is 4.98 Å². The fourth-order valence-electron chi connectivity index (χ4n) is 14.7. The number of carboxylic acids is 1. The van der Waals surface area contributed by atoms with Crippen LogP contribution in [0.5, 0.6) is 0 Å². The van der Waals surface area contributed by atoms with Crippen LogP contribution in [-0.4, -0.2) is 44.8 Å². The number of rotatable bonds is 8. The lowest BCUT2D eigenvalue weighted by molar-refractivity contribution is -0.236. The molecule has 0 bridgehead atoms. The van der Waals surface area contributed by atoms with Crippen LogP contribution in [0.2, 0.25) is 0 Å². The van der Waals surface area contributed by atoms with E-state index in [1.54, 1.807) is 0 Å². The van der Waals surface area contributed by atoms with Gasteiger partial charge in [0.1, 0.15) is 11.9 Å². The third kappa shape index (κ3) is 5.54. The number of carbonyl (C=O) groups is 4. The maximum Gasteiger partial charge on any atom is 0.309 e. The van der Waals surface area contributed by atoms with Gasteiger partial charge in [0.2, 0.25) is 5.91 Å². The first kappa shape index (κ1) is 39.3. The van der Waals surface area contributed by atoms with E-state index >= 15 is 0 Å². The summed E-state index contributed by atoms with van der Waals surface area (Å²) in [5.74, 6) is 0.256. The smallest absolute Gasteiger partial charge is 0.309 e. The van der Waals surface area contributed by atoms with E-state index in [0.29, 0.717) is 37.6 Å². The summed E-state index contributed by atoms with van der Waals surface area (Å²) in [4.78, 5) is 61.4. The van der Waals surface area contributed by atoms with Gasteiger partial charge >= 0.3 is 11.9 Å². The molecule has 9 heteroatoms. The van der Waals surface area contributed by atoms with Crippen molar-refractivity contribution in [2.45, 2.75) is 146 Å². The Kier molecular flexibility index (Phi) is 9.14. The van der Waals surface area contributed by atoms with E-state index in [9.17, 15) is 24.3 Å². The van der Waals surface area contributed by atoms with Crippen LogP contribution in [0.3, 0.4) is 0 Å². The summed E-state index contributed by atoms with van der Waals surface area (Å²) in [6.07, 6.45) is 8.87. The van der Waals surface area contributed by atoms with E-state index in [4.69, 9.17) is 4.74 Å². The Morgan fingerprint density at radius 1 is 0.893 bits per heavy atom. The van der Waals surface area contributed by atoms with Crippen molar-refractivity contribution in [2.24, 2.45) is 68.0 Å². The van der Waals surface area contributed by atoms with Crippen LogP contribution in [0, 0.1) is 68.0 Å². The SMILES string of the molecule is CC(C)C1=C2[C@H]3CC[C@@H]4[C@@]5(C)CC[C@H](OC(=O)[C@H]6C[C@@H](C(=O)O)C6(C)C)C(C)(C)[C@@H]5CC[C@@]4(C)[C@]3(C)CC[C@@]2(CC(=O)NCc2nc3ccccc3[nH]2)CC1=O. The molecule has 2 aromatic rings. The van der Waals surface area contributed by atoms with Crippen LogP contribution >= 0.6 is 0 Å². The highest BCUT2D eigenvalue weighted by Crippen LogP contribution is 2.77. The molecule has 304 valence electrons. The lowest BCUT2D eigenvalue weighted by Gasteiger charge is -2.72. The highest BCUT2D eigenvalue weighted by Gasteiger charge is 2.70. The molecule has 0 unspecified atom stereocenters. The van der Waals surface area contributed by atoms with E-state index in [0.717, 1.165) is 73.8 Å². The first-order chi connectivity index (χ1) is 26.2. The van der Waals surface area contributed by atoms with Gasteiger partial charge in [-0.1, -0.05) is 80.0 Å². The predicted octanol–water partition coefficient (Wildman–Crippen LogP) is 9.21. The maximum absolute atomic E-state index is 14.1. The Morgan fingerprint density at radius 2 is 1.62 bits per heavy atom. The van der Waals surface area contributed by atoms with Crippen LogP contribution in [-0.2, 0) is 30.5 Å². The number of imidazole rings is 1. The molecule has 3 N–H and O–H groups in total. The van der Waals surface area contributed by atoms with Crippen molar-refractivity contribution in [3.63, 3.8) is 0 Å². The van der Waals surface area contributed by atoms with Gasteiger partial charge in [-0.3, -0.25) is 19.2 Å². The number of aliphatic carboxylic acids is 1. The zero-order chi connectivity index (χ0) is 40.4. The Bertz CT molecular complexity index is 1980. The van der Waals surface area contributed by atoms with Gasteiger partial charge in [0.25, 0.3) is 0 Å². The van der Waals surface area contributed by atoms with Crippen molar-refractivity contribution in [2.75, 3.05) is 0 Å². The van der Waals surface area contributed by atoms with Crippen LogP contribution in [0.1, 0.15) is 139 Å². The largest absolute Gasteiger partial charge is 0.481 e. The number of hydrogen-bond acceptors (Lipinski definition) is 6. The van der Waals surface area contributed by atoms with Crippen molar-refractivity contribution in [3.8, 4) is 0 Å². The lowest BCUT2D eigenvalue weighted by Crippen LogP contribution is -2.66. The number of carboxylic acid groups (broad SMARTS) is 1. The number of esters is 1. The van der Waals surface area contributed by atoms with Gasteiger partial charge in [-0.05, 0) is 121 Å². The zero-order valence-corrected chi connectivity index (χ0v) is 35.3. The second kappa shape index (κ2) is 13.0. The van der Waals surface area contributed by atoms with Crippen molar-refractivity contribution < 1.29 is 29.0 Å². The number of Topliss-reactive ketones (excluding diaryl/α,β-unsaturated/α-hetero) is 1. The number of aromatic amines is 1. The van der Waals surface area contributed by atoms with Crippen molar-refractivity contribution in [3.05, 3.63) is 41.2 Å². The minimum atomic E-state index is -0.832. The predicted molar refractivity (Wildman–Crippen MR) is 215 cm³/mol. The number of para-hydroxylation sites is 2. The fraction of sp³-hybridized carbons (Fsp3) is 0.723. The minimum Gasteiger partial charge on any atom is -0.481 e. The molecule has 1 aromatic heterocycles. The number of ketones is 1. The van der Waals surface area contributed by atoms with E-state index in [1.165, 1.54) is 5.57 Å². The summed E-state index contributed by atoms with van der Waals surface area (Å²) in [6, 6.07) is 7.88. The Labute approximate surface area is 333 Å². The Morgan fingerprint density at radius 3 is 2.30 bits per heavy atom. The zero-order valence-electron chi connectivity index (χ0n) is 35.3. The Balaban J connectivity index is 1.02. The molecule has 6 aliphatic rings. The van der Waals surface area contributed by atoms with Crippen LogP contribution in [0.25, 0.3) is 11.0 Å². The molecule has 56 heavy (non-hydrogen) atoms. The number of carbonyl (C=O) groups excluding carboxylic acids is 3. The van der Waals surface area contributed by atoms with Crippen LogP contribution in [0.4, 0.5) is 0 Å². The molecule has 8 rings (SSSR count). The van der Waals surface area contributed by atoms with E-state index in [2.05, 4.69) is 63.8 Å².